The highest BCUT2D eigenvalue weighted by Crippen LogP contribution is 2.04. The Bertz CT molecular complexity index is 148. The van der Waals surface area contributed by atoms with Crippen LogP contribution in [0.5, 0.6) is 0 Å². The topological polar surface area (TPSA) is 41.6 Å². The van der Waals surface area contributed by atoms with E-state index in [-0.39, 0.29) is 24.8 Å². The number of nitrogens with two attached hydrogens (primary N) is 1. The predicted octanol–water partition coefficient (Wildman–Crippen LogP) is 0.911. The van der Waals surface area contributed by atoms with Crippen LogP contribution in [-0.2, 0) is 0 Å². The van der Waals surface area contributed by atoms with Crippen molar-refractivity contribution in [3.05, 3.63) is 0 Å². The minimum absolute atomic E-state index is 0. The summed E-state index contributed by atoms with van der Waals surface area (Å²) in [5.41, 5.74) is 5.49. The zero-order chi connectivity index (χ0) is 7.56. The van der Waals surface area contributed by atoms with Gasteiger partial charge in [0.05, 0.1) is 13.1 Å². The van der Waals surface area contributed by atoms with Gasteiger partial charge in [-0.3, -0.25) is 4.99 Å². The summed E-state index contributed by atoms with van der Waals surface area (Å²) in [4.78, 5) is 6.52. The Balaban J connectivity index is 0. The van der Waals surface area contributed by atoms with Crippen LogP contribution in [0.3, 0.4) is 0 Å². The molecule has 0 bridgehead atoms. The lowest BCUT2D eigenvalue weighted by molar-refractivity contribution is 0.377. The van der Waals surface area contributed by atoms with Gasteiger partial charge in [-0.2, -0.15) is 0 Å². The van der Waals surface area contributed by atoms with Crippen molar-refractivity contribution < 1.29 is 0 Å². The van der Waals surface area contributed by atoms with Crippen LogP contribution in [-0.4, -0.2) is 36.4 Å². The Labute approximate surface area is 86.2 Å². The number of rotatable bonds is 2. The Hall–Kier alpha value is 0.01000. The lowest BCUT2D eigenvalue weighted by Gasteiger charge is -2.23. The van der Waals surface area contributed by atoms with Crippen LogP contribution in [0.1, 0.15) is 13.8 Å². The van der Waals surface area contributed by atoms with Crippen molar-refractivity contribution in [1.29, 1.82) is 0 Å². The van der Waals surface area contributed by atoms with Crippen molar-refractivity contribution in [2.75, 3.05) is 19.6 Å². The first-order chi connectivity index (χ1) is 4.75. The standard InChI is InChI=1S/C7H15N3.2ClH/c1-6(2)10-4-3-9-7(10)5-8;;/h6H,3-5,8H2,1-2H3;2*1H. The molecule has 0 aromatic carbocycles. The van der Waals surface area contributed by atoms with E-state index < -0.39 is 0 Å². The van der Waals surface area contributed by atoms with Gasteiger partial charge in [0.1, 0.15) is 5.84 Å². The van der Waals surface area contributed by atoms with Gasteiger partial charge in [-0.15, -0.1) is 24.8 Å². The molecule has 0 aliphatic carbocycles. The summed E-state index contributed by atoms with van der Waals surface area (Å²) in [6.45, 7) is 6.88. The van der Waals surface area contributed by atoms with Crippen molar-refractivity contribution in [3.63, 3.8) is 0 Å². The largest absolute Gasteiger partial charge is 0.355 e. The van der Waals surface area contributed by atoms with Crippen LogP contribution in [0, 0.1) is 0 Å². The maximum atomic E-state index is 5.49. The van der Waals surface area contributed by atoms with E-state index in [0.717, 1.165) is 18.9 Å². The van der Waals surface area contributed by atoms with Gasteiger partial charge in [-0.25, -0.2) is 0 Å². The smallest absolute Gasteiger partial charge is 0.113 e. The first kappa shape index (κ1) is 14.5. The quantitative estimate of drug-likeness (QED) is 0.742. The van der Waals surface area contributed by atoms with Gasteiger partial charge in [-0.1, -0.05) is 0 Å². The number of hydrogen-bond acceptors (Lipinski definition) is 3. The molecule has 3 nitrogen and oxygen atoms in total. The molecule has 1 heterocycles. The van der Waals surface area contributed by atoms with Crippen LogP contribution in [0.4, 0.5) is 0 Å². The Morgan fingerprint density at radius 3 is 2.42 bits per heavy atom. The summed E-state index contributed by atoms with van der Waals surface area (Å²) >= 11 is 0. The van der Waals surface area contributed by atoms with E-state index >= 15 is 0 Å². The molecule has 0 saturated carbocycles. The first-order valence-electron chi connectivity index (χ1n) is 3.75. The average molecular weight is 214 g/mol. The van der Waals surface area contributed by atoms with E-state index in [0.29, 0.717) is 12.6 Å². The molecular weight excluding hydrogens is 197 g/mol. The van der Waals surface area contributed by atoms with E-state index in [1.165, 1.54) is 0 Å². The second-order valence-corrected chi connectivity index (χ2v) is 2.79. The van der Waals surface area contributed by atoms with Crippen LogP contribution in [0.2, 0.25) is 0 Å². The van der Waals surface area contributed by atoms with Crippen molar-refractivity contribution in [2.45, 2.75) is 19.9 Å². The molecule has 0 atom stereocenters. The van der Waals surface area contributed by atoms with Crippen LogP contribution >= 0.6 is 24.8 Å². The van der Waals surface area contributed by atoms with Crippen LogP contribution in [0.25, 0.3) is 0 Å². The molecule has 0 radical (unpaired) electrons. The maximum Gasteiger partial charge on any atom is 0.113 e. The van der Waals surface area contributed by atoms with E-state index in [2.05, 4.69) is 23.7 Å². The molecule has 74 valence electrons. The maximum absolute atomic E-state index is 5.49. The fraction of sp³-hybridized carbons (Fsp3) is 0.857. The third kappa shape index (κ3) is 3.17. The molecule has 0 amide bonds. The molecule has 0 spiro atoms. The van der Waals surface area contributed by atoms with E-state index in [9.17, 15) is 0 Å². The van der Waals surface area contributed by atoms with E-state index in [1.54, 1.807) is 0 Å². The molecule has 1 aliphatic rings. The fourth-order valence-corrected chi connectivity index (χ4v) is 1.24. The monoisotopic (exact) mass is 213 g/mol. The van der Waals surface area contributed by atoms with E-state index in [4.69, 9.17) is 5.73 Å². The number of amidine groups is 1. The van der Waals surface area contributed by atoms with Crippen molar-refractivity contribution in [2.24, 2.45) is 10.7 Å². The molecule has 0 aromatic heterocycles. The lowest BCUT2D eigenvalue weighted by Crippen LogP contribution is -2.38. The second-order valence-electron chi connectivity index (χ2n) is 2.79. The highest BCUT2D eigenvalue weighted by atomic mass is 35.5. The van der Waals surface area contributed by atoms with Gasteiger partial charge < -0.3 is 10.6 Å². The molecule has 0 unspecified atom stereocenters. The summed E-state index contributed by atoms with van der Waals surface area (Å²) in [6.07, 6.45) is 0. The zero-order valence-corrected chi connectivity index (χ0v) is 9.12. The van der Waals surface area contributed by atoms with Gasteiger partial charge in [0.15, 0.2) is 0 Å². The third-order valence-electron chi connectivity index (χ3n) is 1.77. The van der Waals surface area contributed by atoms with Crippen LogP contribution < -0.4 is 5.73 Å². The minimum atomic E-state index is 0. The average Bonchev–Trinajstić information content (AvgIpc) is 2.33. The Kier molecular flexibility index (Phi) is 7.89. The Morgan fingerprint density at radius 2 is 2.08 bits per heavy atom. The normalized spacial score (nSPS) is 15.3. The van der Waals surface area contributed by atoms with E-state index in [1.807, 2.05) is 0 Å². The highest BCUT2D eigenvalue weighted by molar-refractivity contribution is 5.86. The van der Waals surface area contributed by atoms with Gasteiger partial charge in [0.2, 0.25) is 0 Å². The van der Waals surface area contributed by atoms with Crippen LogP contribution in [0.15, 0.2) is 4.99 Å². The number of nitrogens with zero attached hydrogens (tertiary/aromatic N) is 2. The zero-order valence-electron chi connectivity index (χ0n) is 7.49. The summed E-state index contributed by atoms with van der Waals surface area (Å²) in [5, 5.41) is 0. The number of hydrogen-bond donors (Lipinski definition) is 1. The summed E-state index contributed by atoms with van der Waals surface area (Å²) in [5.74, 6) is 1.06. The fourth-order valence-electron chi connectivity index (χ4n) is 1.24. The lowest BCUT2D eigenvalue weighted by atomic mass is 10.3. The van der Waals surface area contributed by atoms with Gasteiger partial charge >= 0.3 is 0 Å². The second kappa shape index (κ2) is 6.52. The molecular formula is C7H17Cl2N3. The SMILES string of the molecule is CC(C)N1CCN=C1CN.Cl.Cl. The molecule has 1 aliphatic heterocycles. The number of aliphatic imine (C=N–C) groups is 1. The molecule has 0 aromatic rings. The summed E-state index contributed by atoms with van der Waals surface area (Å²) in [6, 6.07) is 0.546. The van der Waals surface area contributed by atoms with Gasteiger partial charge in [-0.05, 0) is 13.8 Å². The molecule has 12 heavy (non-hydrogen) atoms. The molecule has 0 fully saturated rings. The molecule has 0 saturated heterocycles. The molecule has 5 heteroatoms. The highest BCUT2D eigenvalue weighted by Gasteiger charge is 2.16. The summed E-state index contributed by atoms with van der Waals surface area (Å²) in [7, 11) is 0. The molecule has 1 rings (SSSR count). The summed E-state index contributed by atoms with van der Waals surface area (Å²) < 4.78 is 0. The minimum Gasteiger partial charge on any atom is -0.355 e. The van der Waals surface area contributed by atoms with Crippen molar-refractivity contribution >= 4 is 30.6 Å². The van der Waals surface area contributed by atoms with Gasteiger partial charge in [0.25, 0.3) is 0 Å². The van der Waals surface area contributed by atoms with Gasteiger partial charge in [0, 0.05) is 12.6 Å². The Morgan fingerprint density at radius 1 is 1.50 bits per heavy atom. The predicted molar refractivity (Wildman–Crippen MR) is 57.7 cm³/mol. The van der Waals surface area contributed by atoms with Crippen molar-refractivity contribution in [3.8, 4) is 0 Å². The number of halogens is 2. The third-order valence-corrected chi connectivity index (χ3v) is 1.77. The first-order valence-corrected chi connectivity index (χ1v) is 3.75. The molecule has 2 N–H and O–H groups in total. The van der Waals surface area contributed by atoms with Crippen molar-refractivity contribution in [1.82, 2.24) is 4.90 Å².